The van der Waals surface area contributed by atoms with Crippen LogP contribution in [0, 0.1) is 34.5 Å². The summed E-state index contributed by atoms with van der Waals surface area (Å²) in [6, 6.07) is 0. The maximum atomic E-state index is 12.0. The minimum atomic E-state index is -1.13. The molecule has 0 spiro atoms. The van der Waals surface area contributed by atoms with Crippen molar-refractivity contribution in [3.63, 3.8) is 0 Å². The van der Waals surface area contributed by atoms with Gasteiger partial charge >= 0.3 is 11.9 Å². The first-order valence-electron chi connectivity index (χ1n) is 6.70. The van der Waals surface area contributed by atoms with Crippen LogP contribution in [-0.4, -0.2) is 22.2 Å². The van der Waals surface area contributed by atoms with Crippen LogP contribution in [0.3, 0.4) is 0 Å². The van der Waals surface area contributed by atoms with Crippen molar-refractivity contribution in [1.29, 1.82) is 0 Å². The molecule has 4 aliphatic rings. The Labute approximate surface area is 105 Å². The van der Waals surface area contributed by atoms with Crippen LogP contribution in [0.25, 0.3) is 0 Å². The van der Waals surface area contributed by atoms with E-state index in [1.54, 1.807) is 6.08 Å². The third-order valence-corrected chi connectivity index (χ3v) is 6.27. The average molecular weight is 248 g/mol. The minimum Gasteiger partial charge on any atom is -0.481 e. The molecule has 96 valence electrons. The van der Waals surface area contributed by atoms with Gasteiger partial charge in [0.1, 0.15) is 5.41 Å². The number of aliphatic carboxylic acids is 2. The van der Waals surface area contributed by atoms with Crippen LogP contribution >= 0.6 is 0 Å². The normalized spacial score (nSPS) is 54.9. The largest absolute Gasteiger partial charge is 0.481 e. The van der Waals surface area contributed by atoms with Crippen molar-refractivity contribution in [3.05, 3.63) is 12.2 Å². The van der Waals surface area contributed by atoms with Gasteiger partial charge in [-0.3, -0.25) is 9.59 Å². The van der Waals surface area contributed by atoms with Crippen LogP contribution in [0.2, 0.25) is 0 Å². The van der Waals surface area contributed by atoms with E-state index < -0.39 is 22.8 Å². The second kappa shape index (κ2) is 2.81. The summed E-state index contributed by atoms with van der Waals surface area (Å²) < 4.78 is 0. The van der Waals surface area contributed by atoms with Gasteiger partial charge in [-0.25, -0.2) is 0 Å². The quantitative estimate of drug-likeness (QED) is 0.577. The summed E-state index contributed by atoms with van der Waals surface area (Å²) in [7, 11) is 0. The van der Waals surface area contributed by atoms with E-state index in [1.807, 2.05) is 6.08 Å². The highest BCUT2D eigenvalue weighted by molar-refractivity contribution is 5.91. The van der Waals surface area contributed by atoms with Crippen molar-refractivity contribution >= 4 is 11.9 Å². The number of fused-ring (bicyclic) bond motifs is 9. The number of allylic oxidation sites excluding steroid dienone is 1. The number of carboxylic acid groups (broad SMARTS) is 2. The van der Waals surface area contributed by atoms with Crippen molar-refractivity contribution in [3.8, 4) is 0 Å². The van der Waals surface area contributed by atoms with Gasteiger partial charge in [-0.1, -0.05) is 12.2 Å². The maximum absolute atomic E-state index is 12.0. The lowest BCUT2D eigenvalue weighted by Crippen LogP contribution is -2.55. The van der Waals surface area contributed by atoms with E-state index in [4.69, 9.17) is 0 Å². The molecule has 0 saturated heterocycles. The Balaban J connectivity index is 1.99. The molecule has 0 aliphatic heterocycles. The van der Waals surface area contributed by atoms with E-state index in [9.17, 15) is 19.8 Å². The highest BCUT2D eigenvalue weighted by Gasteiger charge is 2.79. The van der Waals surface area contributed by atoms with E-state index >= 15 is 0 Å². The molecular weight excluding hydrogens is 232 g/mol. The van der Waals surface area contributed by atoms with Gasteiger partial charge in [0.25, 0.3) is 0 Å². The average Bonchev–Trinajstić information content (AvgIpc) is 3.06. The summed E-state index contributed by atoms with van der Waals surface area (Å²) in [6.07, 6.45) is 7.08. The first-order chi connectivity index (χ1) is 8.54. The molecule has 0 aromatic carbocycles. The minimum absolute atomic E-state index is 0.0647. The molecule has 6 unspecified atom stereocenters. The second-order valence-corrected chi connectivity index (χ2v) is 6.47. The zero-order valence-corrected chi connectivity index (χ0v) is 10.0. The van der Waals surface area contributed by atoms with Crippen molar-refractivity contribution < 1.29 is 19.8 Å². The Morgan fingerprint density at radius 1 is 1.17 bits per heavy atom. The van der Waals surface area contributed by atoms with Crippen LogP contribution < -0.4 is 0 Å². The van der Waals surface area contributed by atoms with Gasteiger partial charge in [0.05, 0.1) is 5.41 Å². The first kappa shape index (κ1) is 10.6. The summed E-state index contributed by atoms with van der Waals surface area (Å²) in [6.45, 7) is 0. The summed E-state index contributed by atoms with van der Waals surface area (Å²) >= 11 is 0. The smallest absolute Gasteiger partial charge is 0.314 e. The molecule has 0 amide bonds. The molecular formula is C14H16O4. The Bertz CT molecular complexity index is 496. The van der Waals surface area contributed by atoms with Gasteiger partial charge in [-0.05, 0) is 49.4 Å². The number of carboxylic acids is 2. The van der Waals surface area contributed by atoms with Crippen molar-refractivity contribution in [2.75, 3.05) is 0 Å². The molecule has 4 bridgehead atoms. The highest BCUT2D eigenvalue weighted by Crippen LogP contribution is 2.77. The predicted molar refractivity (Wildman–Crippen MR) is 61.7 cm³/mol. The zero-order chi connectivity index (χ0) is 12.7. The molecule has 0 aromatic rings. The van der Waals surface area contributed by atoms with E-state index in [0.717, 1.165) is 19.3 Å². The molecule has 3 saturated carbocycles. The fourth-order valence-electron chi connectivity index (χ4n) is 5.94. The number of hydrogen-bond acceptors (Lipinski definition) is 2. The molecule has 0 radical (unpaired) electrons. The van der Waals surface area contributed by atoms with Gasteiger partial charge in [-0.2, -0.15) is 0 Å². The summed E-state index contributed by atoms with van der Waals surface area (Å²) in [4.78, 5) is 23.8. The summed E-state index contributed by atoms with van der Waals surface area (Å²) in [5.41, 5.74) is -2.14. The molecule has 4 rings (SSSR count). The number of rotatable bonds is 2. The van der Waals surface area contributed by atoms with Crippen molar-refractivity contribution in [2.24, 2.45) is 34.5 Å². The Morgan fingerprint density at radius 2 is 1.94 bits per heavy atom. The lowest BCUT2D eigenvalue weighted by molar-refractivity contribution is -0.175. The van der Waals surface area contributed by atoms with Crippen LogP contribution in [0.15, 0.2) is 12.2 Å². The van der Waals surface area contributed by atoms with Gasteiger partial charge in [0.15, 0.2) is 0 Å². The first-order valence-corrected chi connectivity index (χ1v) is 6.70. The molecule has 4 heteroatoms. The molecule has 18 heavy (non-hydrogen) atoms. The number of hydrogen-bond donors (Lipinski definition) is 2. The summed E-state index contributed by atoms with van der Waals surface area (Å²) in [5, 5.41) is 19.5. The summed E-state index contributed by atoms with van der Waals surface area (Å²) in [5.74, 6) is -1.06. The standard InChI is InChI=1S/C14H16O4/c15-11(16)13-4-3-8(6-13)10-7-1-2-9(5-7)14(10,13)12(17)18/h3-4,7-10H,1-2,5-6H2,(H,15,16)(H,17,18). The lowest BCUT2D eigenvalue weighted by atomic mass is 9.54. The fourth-order valence-corrected chi connectivity index (χ4v) is 5.94. The van der Waals surface area contributed by atoms with Gasteiger partial charge in [0, 0.05) is 0 Å². The van der Waals surface area contributed by atoms with E-state index in [-0.39, 0.29) is 17.8 Å². The molecule has 2 N–H and O–H groups in total. The van der Waals surface area contributed by atoms with Gasteiger partial charge in [-0.15, -0.1) is 0 Å². The monoisotopic (exact) mass is 248 g/mol. The van der Waals surface area contributed by atoms with Crippen LogP contribution in [0.5, 0.6) is 0 Å². The molecule has 6 atom stereocenters. The van der Waals surface area contributed by atoms with Crippen LogP contribution in [0.1, 0.15) is 25.7 Å². The third-order valence-electron chi connectivity index (χ3n) is 6.27. The Morgan fingerprint density at radius 3 is 2.61 bits per heavy atom. The van der Waals surface area contributed by atoms with Gasteiger partial charge < -0.3 is 10.2 Å². The SMILES string of the molecule is O=C(O)C12C=CC(C1)C1C3CCC(C3)C12C(=O)O. The van der Waals surface area contributed by atoms with E-state index in [2.05, 4.69) is 0 Å². The van der Waals surface area contributed by atoms with Crippen molar-refractivity contribution in [1.82, 2.24) is 0 Å². The third kappa shape index (κ3) is 0.771. The zero-order valence-electron chi connectivity index (χ0n) is 10.0. The lowest BCUT2D eigenvalue weighted by Gasteiger charge is -2.46. The maximum Gasteiger partial charge on any atom is 0.314 e. The van der Waals surface area contributed by atoms with E-state index in [0.29, 0.717) is 12.3 Å². The van der Waals surface area contributed by atoms with Gasteiger partial charge in [0.2, 0.25) is 0 Å². The van der Waals surface area contributed by atoms with Crippen LogP contribution in [0.4, 0.5) is 0 Å². The van der Waals surface area contributed by atoms with Crippen molar-refractivity contribution in [2.45, 2.75) is 25.7 Å². The van der Waals surface area contributed by atoms with Crippen LogP contribution in [-0.2, 0) is 9.59 Å². The molecule has 4 aliphatic carbocycles. The molecule has 0 aromatic heterocycles. The molecule has 4 nitrogen and oxygen atoms in total. The Kier molecular flexibility index (Phi) is 1.65. The second-order valence-electron chi connectivity index (χ2n) is 6.47. The topological polar surface area (TPSA) is 74.6 Å². The molecule has 3 fully saturated rings. The molecule has 0 heterocycles. The van der Waals surface area contributed by atoms with E-state index in [1.165, 1.54) is 0 Å². The highest BCUT2D eigenvalue weighted by atomic mass is 16.4. The predicted octanol–water partition coefficient (Wildman–Crippen LogP) is 1.76. The fraction of sp³-hybridized carbons (Fsp3) is 0.714. The Hall–Kier alpha value is -1.32. The number of carbonyl (C=O) groups is 2.